The van der Waals surface area contributed by atoms with Crippen molar-refractivity contribution in [3.05, 3.63) is 59.7 Å². The Hall–Kier alpha value is -2.49. The normalized spacial score (nSPS) is 10.2. The second kappa shape index (κ2) is 6.61. The van der Waals surface area contributed by atoms with Crippen LogP contribution in [0.25, 0.3) is 0 Å². The summed E-state index contributed by atoms with van der Waals surface area (Å²) in [5, 5.41) is 9.34. The van der Waals surface area contributed by atoms with Gasteiger partial charge in [0.15, 0.2) is 0 Å². The monoisotopic (exact) mass is 271 g/mol. The van der Waals surface area contributed by atoms with Gasteiger partial charge in [0.1, 0.15) is 5.75 Å². The molecule has 2 aromatic carbocycles. The smallest absolute Gasteiger partial charge is 0.340 e. The highest BCUT2D eigenvalue weighted by atomic mass is 16.5. The summed E-state index contributed by atoms with van der Waals surface area (Å²) < 4.78 is 5.16. The lowest BCUT2D eigenvalue weighted by Gasteiger charge is -2.07. The fourth-order valence-electron chi connectivity index (χ4n) is 1.88. The quantitative estimate of drug-likeness (QED) is 0.379. The molecule has 0 fully saturated rings. The van der Waals surface area contributed by atoms with E-state index < -0.39 is 5.97 Å². The third-order valence-electron chi connectivity index (χ3n) is 2.94. The van der Waals surface area contributed by atoms with Crippen LogP contribution in [-0.4, -0.2) is 17.7 Å². The van der Waals surface area contributed by atoms with E-state index in [2.05, 4.69) is 0 Å². The van der Waals surface area contributed by atoms with Crippen LogP contribution in [0, 0.1) is 0 Å². The summed E-state index contributed by atoms with van der Waals surface area (Å²) in [6, 6.07) is 14.2. The van der Waals surface area contributed by atoms with Gasteiger partial charge in [-0.3, -0.25) is 0 Å². The third-order valence-corrected chi connectivity index (χ3v) is 2.94. The van der Waals surface area contributed by atoms with Crippen molar-refractivity contribution in [1.29, 1.82) is 0 Å². The highest BCUT2D eigenvalue weighted by Gasteiger charge is 2.11. The van der Waals surface area contributed by atoms with Crippen LogP contribution in [-0.2, 0) is 11.2 Å². The van der Waals surface area contributed by atoms with E-state index >= 15 is 0 Å². The molecule has 0 aliphatic carbocycles. The van der Waals surface area contributed by atoms with E-state index in [1.165, 1.54) is 23.8 Å². The molecule has 0 bridgehead atoms. The first-order chi connectivity index (χ1) is 9.66. The van der Waals surface area contributed by atoms with E-state index in [0.29, 0.717) is 12.3 Å². The number of nitrogen functional groups attached to an aromatic ring is 1. The van der Waals surface area contributed by atoms with Gasteiger partial charge < -0.3 is 15.6 Å². The minimum absolute atomic E-state index is 0.00423. The van der Waals surface area contributed by atoms with Gasteiger partial charge in [0.25, 0.3) is 0 Å². The number of rotatable bonds is 5. The number of phenolic OH excluding ortho intramolecular Hbond substituents is 1. The SMILES string of the molecule is Nc1ccc(O)cc1C(=O)OCCCc1ccccc1. The molecular weight excluding hydrogens is 254 g/mol. The Morgan fingerprint density at radius 2 is 1.90 bits per heavy atom. The number of esters is 1. The predicted molar refractivity (Wildman–Crippen MR) is 77.6 cm³/mol. The summed E-state index contributed by atoms with van der Waals surface area (Å²) in [6.07, 6.45) is 1.60. The molecule has 0 atom stereocenters. The molecule has 0 aliphatic heterocycles. The molecule has 4 nitrogen and oxygen atoms in total. The molecule has 0 spiro atoms. The Balaban J connectivity index is 1.82. The molecule has 0 saturated heterocycles. The maximum Gasteiger partial charge on any atom is 0.340 e. The molecule has 2 rings (SSSR count). The number of carbonyl (C=O) groups is 1. The molecule has 0 unspecified atom stereocenters. The zero-order valence-electron chi connectivity index (χ0n) is 11.1. The summed E-state index contributed by atoms with van der Waals surface area (Å²) in [5.74, 6) is -0.512. The van der Waals surface area contributed by atoms with E-state index in [1.807, 2.05) is 30.3 Å². The van der Waals surface area contributed by atoms with E-state index in [9.17, 15) is 9.90 Å². The van der Waals surface area contributed by atoms with Crippen LogP contribution >= 0.6 is 0 Å². The minimum atomic E-state index is -0.508. The first-order valence-corrected chi connectivity index (χ1v) is 6.46. The van der Waals surface area contributed by atoms with Crippen LogP contribution < -0.4 is 5.73 Å². The van der Waals surface area contributed by atoms with Gasteiger partial charge in [-0.15, -0.1) is 0 Å². The molecule has 0 heterocycles. The maximum atomic E-state index is 11.8. The van der Waals surface area contributed by atoms with E-state index in [4.69, 9.17) is 10.5 Å². The number of aromatic hydroxyl groups is 1. The number of phenols is 1. The largest absolute Gasteiger partial charge is 0.508 e. The molecule has 3 N–H and O–H groups in total. The van der Waals surface area contributed by atoms with Gasteiger partial charge >= 0.3 is 5.97 Å². The van der Waals surface area contributed by atoms with Crippen LogP contribution in [0.4, 0.5) is 5.69 Å². The standard InChI is InChI=1S/C16H17NO3/c17-15-9-8-13(18)11-14(15)16(19)20-10-4-7-12-5-2-1-3-6-12/h1-3,5-6,8-9,11,18H,4,7,10,17H2. The highest BCUT2D eigenvalue weighted by molar-refractivity contribution is 5.95. The van der Waals surface area contributed by atoms with E-state index in [0.717, 1.165) is 12.8 Å². The topological polar surface area (TPSA) is 72.5 Å². The second-order valence-electron chi connectivity index (χ2n) is 4.50. The average molecular weight is 271 g/mol. The molecule has 20 heavy (non-hydrogen) atoms. The third kappa shape index (κ3) is 3.75. The van der Waals surface area contributed by atoms with Crippen LogP contribution in [0.15, 0.2) is 48.5 Å². The molecule has 2 aromatic rings. The molecule has 4 heteroatoms. The number of hydrogen-bond acceptors (Lipinski definition) is 4. The van der Waals surface area contributed by atoms with Crippen molar-refractivity contribution in [2.24, 2.45) is 0 Å². The van der Waals surface area contributed by atoms with Crippen molar-refractivity contribution in [2.75, 3.05) is 12.3 Å². The predicted octanol–water partition coefficient (Wildman–Crippen LogP) is 2.76. The number of carbonyl (C=O) groups excluding carboxylic acids is 1. The first-order valence-electron chi connectivity index (χ1n) is 6.46. The Labute approximate surface area is 117 Å². The lowest BCUT2D eigenvalue weighted by molar-refractivity contribution is 0.0501. The van der Waals surface area contributed by atoms with E-state index in [-0.39, 0.29) is 11.3 Å². The number of ether oxygens (including phenoxy) is 1. The van der Waals surface area contributed by atoms with Gasteiger partial charge in [0, 0.05) is 5.69 Å². The van der Waals surface area contributed by atoms with E-state index in [1.54, 1.807) is 0 Å². The number of anilines is 1. The fraction of sp³-hybridized carbons (Fsp3) is 0.188. The fourth-order valence-corrected chi connectivity index (χ4v) is 1.88. The number of benzene rings is 2. The first kappa shape index (κ1) is 13.9. The number of nitrogens with two attached hydrogens (primary N) is 1. The second-order valence-corrected chi connectivity index (χ2v) is 4.50. The van der Waals surface area contributed by atoms with Crippen molar-refractivity contribution in [3.63, 3.8) is 0 Å². The van der Waals surface area contributed by atoms with Gasteiger partial charge in [0.05, 0.1) is 12.2 Å². The van der Waals surface area contributed by atoms with Gasteiger partial charge in [-0.25, -0.2) is 4.79 Å². The van der Waals surface area contributed by atoms with Gasteiger partial charge in [-0.1, -0.05) is 30.3 Å². The molecule has 0 aromatic heterocycles. The molecule has 0 radical (unpaired) electrons. The summed E-state index contributed by atoms with van der Waals surface area (Å²) >= 11 is 0. The summed E-state index contributed by atoms with van der Waals surface area (Å²) in [7, 11) is 0. The minimum Gasteiger partial charge on any atom is -0.508 e. The van der Waals surface area contributed by atoms with Gasteiger partial charge in [0.2, 0.25) is 0 Å². The Bertz CT molecular complexity index is 582. The highest BCUT2D eigenvalue weighted by Crippen LogP contribution is 2.19. The van der Waals surface area contributed by atoms with Crippen molar-refractivity contribution >= 4 is 11.7 Å². The average Bonchev–Trinajstić information content (AvgIpc) is 2.47. The molecule has 0 aliphatic rings. The molecule has 0 amide bonds. The summed E-state index contributed by atoms with van der Waals surface area (Å²) in [5.41, 5.74) is 7.38. The lowest BCUT2D eigenvalue weighted by atomic mass is 10.1. The van der Waals surface area contributed by atoms with Crippen molar-refractivity contribution < 1.29 is 14.6 Å². The van der Waals surface area contributed by atoms with Crippen LogP contribution in [0.2, 0.25) is 0 Å². The molecule has 0 saturated carbocycles. The zero-order chi connectivity index (χ0) is 14.4. The Kier molecular flexibility index (Phi) is 4.60. The zero-order valence-corrected chi connectivity index (χ0v) is 11.1. The van der Waals surface area contributed by atoms with Crippen molar-refractivity contribution in [1.82, 2.24) is 0 Å². The summed E-state index contributed by atoms with van der Waals surface area (Å²) in [4.78, 5) is 11.8. The lowest BCUT2D eigenvalue weighted by Crippen LogP contribution is -2.09. The Morgan fingerprint density at radius 1 is 1.15 bits per heavy atom. The maximum absolute atomic E-state index is 11.8. The molecule has 104 valence electrons. The van der Waals surface area contributed by atoms with Crippen LogP contribution in [0.1, 0.15) is 22.3 Å². The van der Waals surface area contributed by atoms with Crippen molar-refractivity contribution in [3.8, 4) is 5.75 Å². The van der Waals surface area contributed by atoms with Crippen LogP contribution in [0.5, 0.6) is 5.75 Å². The van der Waals surface area contributed by atoms with Crippen LogP contribution in [0.3, 0.4) is 0 Å². The molecular formula is C16H17NO3. The van der Waals surface area contributed by atoms with Gasteiger partial charge in [-0.2, -0.15) is 0 Å². The Morgan fingerprint density at radius 3 is 2.65 bits per heavy atom. The summed E-state index contributed by atoms with van der Waals surface area (Å²) in [6.45, 7) is 0.322. The number of hydrogen-bond donors (Lipinski definition) is 2. The van der Waals surface area contributed by atoms with Gasteiger partial charge in [-0.05, 0) is 36.6 Å². The van der Waals surface area contributed by atoms with Crippen molar-refractivity contribution in [2.45, 2.75) is 12.8 Å². The number of aryl methyl sites for hydroxylation is 1.